The summed E-state index contributed by atoms with van der Waals surface area (Å²) in [6, 6.07) is -1.03. The molecule has 0 bridgehead atoms. The van der Waals surface area contributed by atoms with Crippen LogP contribution in [-0.2, 0) is 28.9 Å². The Morgan fingerprint density at radius 3 is 1.32 bits per heavy atom. The monoisotopic (exact) mass is 992 g/mol. The first-order valence-corrected chi connectivity index (χ1v) is 29.5. The number of unbranched alkanes of at least 4 members (excludes halogenated alkanes) is 34. The molecule has 13 nitrogen and oxygen atoms in total. The summed E-state index contributed by atoms with van der Waals surface area (Å²) >= 11 is 0. The lowest BCUT2D eigenvalue weighted by Gasteiger charge is -2.41. The summed E-state index contributed by atoms with van der Waals surface area (Å²) in [5, 5.41) is 55.7. The van der Waals surface area contributed by atoms with Crippen LogP contribution in [0.15, 0.2) is 12.2 Å². The summed E-state index contributed by atoms with van der Waals surface area (Å²) in [5.41, 5.74) is 0. The number of allylic oxidation sites excluding steroid dienone is 2. The lowest BCUT2D eigenvalue weighted by Crippen LogP contribution is -2.61. The van der Waals surface area contributed by atoms with Crippen LogP contribution in [0.4, 0.5) is 0 Å². The van der Waals surface area contributed by atoms with E-state index in [-0.39, 0.29) is 6.42 Å². The largest absolute Gasteiger partial charge is 0.397 e. The first-order valence-electron chi connectivity index (χ1n) is 28.2. The minimum absolute atomic E-state index is 0.256. The number of hydrogen-bond donors (Lipinski definition) is 7. The predicted molar refractivity (Wildman–Crippen MR) is 275 cm³/mol. The highest BCUT2D eigenvalue weighted by atomic mass is 32.3. The summed E-state index contributed by atoms with van der Waals surface area (Å²) in [6.07, 6.45) is 39.6. The molecule has 68 heavy (non-hydrogen) atoms. The smallest absolute Gasteiger partial charge is 0.394 e. The molecule has 0 aliphatic carbocycles. The zero-order chi connectivity index (χ0) is 49.9. The maximum absolute atomic E-state index is 13.2. The van der Waals surface area contributed by atoms with Gasteiger partial charge in [-0.25, -0.2) is 4.18 Å². The number of nitrogens with one attached hydrogen (secondary N) is 1. The van der Waals surface area contributed by atoms with E-state index in [1.807, 2.05) is 0 Å². The standard InChI is InChI=1S/C54H105NO12S/c1-3-5-7-9-11-13-15-17-19-21-23-24-25-27-28-30-32-34-36-38-40-42-47(57)46(45-65-54-51(60)52(67-68(62,63)64)50(59)49(44-56)66-54)55-53(61)48(58)43-41-39-37-35-33-31-29-26-22-20-18-16-14-12-10-8-6-4-2/h22,26,46-52,54,56-60H,3-21,23-25,27-45H2,1-2H3,(H,55,61)(H,62,63,64)/b26-22-. The lowest BCUT2D eigenvalue weighted by molar-refractivity contribution is -0.298. The molecule has 404 valence electrons. The van der Waals surface area contributed by atoms with Gasteiger partial charge in [0.25, 0.3) is 0 Å². The van der Waals surface area contributed by atoms with Crippen LogP contribution in [0.25, 0.3) is 0 Å². The first-order chi connectivity index (χ1) is 32.9. The molecule has 0 aromatic carbocycles. The van der Waals surface area contributed by atoms with E-state index >= 15 is 0 Å². The highest BCUT2D eigenvalue weighted by Crippen LogP contribution is 2.26. The molecule has 1 aliphatic rings. The van der Waals surface area contributed by atoms with E-state index < -0.39 is 78.5 Å². The van der Waals surface area contributed by atoms with E-state index in [9.17, 15) is 43.3 Å². The van der Waals surface area contributed by atoms with Crippen molar-refractivity contribution in [1.82, 2.24) is 5.32 Å². The van der Waals surface area contributed by atoms with E-state index in [0.29, 0.717) is 19.3 Å². The normalized spacial score (nSPS) is 20.3. The second kappa shape index (κ2) is 44.5. The van der Waals surface area contributed by atoms with Crippen LogP contribution in [0.3, 0.4) is 0 Å². The number of aliphatic hydroxyl groups excluding tert-OH is 5. The van der Waals surface area contributed by atoms with Gasteiger partial charge in [0, 0.05) is 0 Å². The molecule has 1 saturated heterocycles. The van der Waals surface area contributed by atoms with Crippen LogP contribution < -0.4 is 5.32 Å². The number of ether oxygens (including phenoxy) is 2. The number of rotatable bonds is 49. The van der Waals surface area contributed by atoms with Crippen molar-refractivity contribution in [3.05, 3.63) is 12.2 Å². The van der Waals surface area contributed by atoms with Gasteiger partial charge in [0.1, 0.15) is 30.5 Å². The molecule has 1 aliphatic heterocycles. The van der Waals surface area contributed by atoms with E-state index in [1.165, 1.54) is 167 Å². The van der Waals surface area contributed by atoms with Crippen LogP contribution in [0.5, 0.6) is 0 Å². The van der Waals surface area contributed by atoms with Gasteiger partial charge in [-0.1, -0.05) is 238 Å². The number of amides is 1. The third-order valence-corrected chi connectivity index (χ3v) is 14.1. The quantitative estimate of drug-likeness (QED) is 0.0172. The van der Waals surface area contributed by atoms with E-state index in [0.717, 1.165) is 57.8 Å². The van der Waals surface area contributed by atoms with Gasteiger partial charge in [-0.15, -0.1) is 0 Å². The summed E-state index contributed by atoms with van der Waals surface area (Å²) in [6.45, 7) is 3.32. The van der Waals surface area contributed by atoms with Crippen LogP contribution in [0.1, 0.15) is 264 Å². The average molecular weight is 992 g/mol. The third-order valence-electron chi connectivity index (χ3n) is 13.7. The maximum Gasteiger partial charge on any atom is 0.397 e. The molecule has 14 heteroatoms. The van der Waals surface area contributed by atoms with Crippen LogP contribution >= 0.6 is 0 Å². The van der Waals surface area contributed by atoms with Gasteiger partial charge in [0.15, 0.2) is 6.29 Å². The molecular formula is C54H105NO12S. The molecule has 7 N–H and O–H groups in total. The van der Waals surface area contributed by atoms with Crippen molar-refractivity contribution >= 4 is 16.3 Å². The molecule has 8 unspecified atom stereocenters. The number of aliphatic hydroxyl groups is 5. The Bertz CT molecular complexity index is 1270. The molecule has 8 atom stereocenters. The highest BCUT2D eigenvalue weighted by molar-refractivity contribution is 7.80. The minimum atomic E-state index is -5.11. The van der Waals surface area contributed by atoms with Crippen molar-refractivity contribution < 1.29 is 57.0 Å². The van der Waals surface area contributed by atoms with Gasteiger partial charge in [-0.05, 0) is 38.5 Å². The molecule has 0 radical (unpaired) electrons. The fourth-order valence-electron chi connectivity index (χ4n) is 9.23. The van der Waals surface area contributed by atoms with Gasteiger partial charge in [-0.3, -0.25) is 9.35 Å². The Morgan fingerprint density at radius 2 is 0.941 bits per heavy atom. The molecular weight excluding hydrogens is 887 g/mol. The van der Waals surface area contributed by atoms with Gasteiger partial charge in [-0.2, -0.15) is 8.42 Å². The Morgan fingerprint density at radius 1 is 0.574 bits per heavy atom. The fraction of sp³-hybridized carbons (Fsp3) is 0.944. The Kier molecular flexibility index (Phi) is 42.4. The average Bonchev–Trinajstić information content (AvgIpc) is 3.31. The zero-order valence-corrected chi connectivity index (χ0v) is 44.1. The Balaban J connectivity index is 2.44. The maximum atomic E-state index is 13.2. The highest BCUT2D eigenvalue weighted by Gasteiger charge is 2.48. The van der Waals surface area contributed by atoms with Crippen molar-refractivity contribution in [2.45, 2.75) is 313 Å². The van der Waals surface area contributed by atoms with Gasteiger partial charge in [0.05, 0.1) is 25.4 Å². The Hall–Kier alpha value is -1.20. The molecule has 0 aromatic rings. The van der Waals surface area contributed by atoms with Crippen LogP contribution in [0, 0.1) is 0 Å². The zero-order valence-electron chi connectivity index (χ0n) is 43.3. The van der Waals surface area contributed by atoms with Crippen LogP contribution in [-0.4, -0.2) is 107 Å². The number of carbonyl (C=O) groups is 1. The SMILES string of the molecule is CCCCCCCCCC/C=C\CCCCCCCCC(O)C(=O)NC(COC1OC(CO)C(O)C(OS(=O)(=O)O)C1O)C(O)CCCCCCCCCCCCCCCCCCCCCCC. The Labute approximate surface area is 415 Å². The van der Waals surface area contributed by atoms with Crippen molar-refractivity contribution in [1.29, 1.82) is 0 Å². The summed E-state index contributed by atoms with van der Waals surface area (Å²) < 4.78 is 47.8. The molecule has 1 heterocycles. The fourth-order valence-corrected chi connectivity index (χ4v) is 9.74. The molecule has 1 fully saturated rings. The molecule has 1 amide bonds. The molecule has 1 rings (SSSR count). The van der Waals surface area contributed by atoms with E-state index in [4.69, 9.17) is 9.47 Å². The van der Waals surface area contributed by atoms with Gasteiger partial charge < -0.3 is 40.3 Å². The summed E-state index contributed by atoms with van der Waals surface area (Å²) in [7, 11) is -5.11. The van der Waals surface area contributed by atoms with Crippen molar-refractivity contribution in [2.75, 3.05) is 13.2 Å². The minimum Gasteiger partial charge on any atom is -0.394 e. The van der Waals surface area contributed by atoms with Crippen molar-refractivity contribution in [2.24, 2.45) is 0 Å². The van der Waals surface area contributed by atoms with Crippen molar-refractivity contribution in [3.63, 3.8) is 0 Å². The van der Waals surface area contributed by atoms with Gasteiger partial charge in [0.2, 0.25) is 5.91 Å². The third kappa shape index (κ3) is 35.8. The summed E-state index contributed by atoms with van der Waals surface area (Å²) in [4.78, 5) is 13.2. The van der Waals surface area contributed by atoms with Crippen LogP contribution in [0.2, 0.25) is 0 Å². The van der Waals surface area contributed by atoms with Crippen molar-refractivity contribution in [3.8, 4) is 0 Å². The molecule has 0 saturated carbocycles. The van der Waals surface area contributed by atoms with Gasteiger partial charge >= 0.3 is 10.4 Å². The second-order valence-electron chi connectivity index (χ2n) is 20.0. The topological polar surface area (TPSA) is 212 Å². The van der Waals surface area contributed by atoms with E-state index in [2.05, 4.69) is 35.5 Å². The molecule has 0 spiro atoms. The predicted octanol–water partition coefficient (Wildman–Crippen LogP) is 11.6. The number of hydrogen-bond acceptors (Lipinski definition) is 11. The second-order valence-corrected chi connectivity index (χ2v) is 21.1. The number of carbonyl (C=O) groups excluding carboxylic acids is 1. The first kappa shape index (κ1) is 64.8. The van der Waals surface area contributed by atoms with E-state index in [1.54, 1.807) is 0 Å². The summed E-state index contributed by atoms with van der Waals surface area (Å²) in [5.74, 6) is -0.670. The molecule has 0 aromatic heterocycles. The lowest BCUT2D eigenvalue weighted by atomic mass is 9.99.